The number of alkyl halides is 1. The van der Waals surface area contributed by atoms with Crippen LogP contribution in [0.5, 0.6) is 0 Å². The van der Waals surface area contributed by atoms with Gasteiger partial charge in [-0.3, -0.25) is 4.79 Å². The van der Waals surface area contributed by atoms with E-state index < -0.39 is 0 Å². The lowest BCUT2D eigenvalue weighted by Crippen LogP contribution is -2.55. The molecule has 1 fully saturated rings. The van der Waals surface area contributed by atoms with Gasteiger partial charge in [0.1, 0.15) is 0 Å². The van der Waals surface area contributed by atoms with Crippen molar-refractivity contribution in [2.45, 2.75) is 39.2 Å². The zero-order valence-corrected chi connectivity index (χ0v) is 12.0. The Morgan fingerprint density at radius 3 is 2.38 bits per heavy atom. The molecule has 0 aromatic rings. The molecule has 1 aliphatic rings. The summed E-state index contributed by atoms with van der Waals surface area (Å²) in [4.78, 5) is 12.0. The van der Waals surface area contributed by atoms with E-state index in [1.807, 2.05) is 6.92 Å². The first-order valence-electron chi connectivity index (χ1n) is 5.96. The van der Waals surface area contributed by atoms with Gasteiger partial charge in [0, 0.05) is 24.5 Å². The van der Waals surface area contributed by atoms with Crippen LogP contribution in [-0.2, 0) is 9.53 Å². The smallest absolute Gasteiger partial charge is 0.223 e. The summed E-state index contributed by atoms with van der Waals surface area (Å²) in [6, 6.07) is 0. The van der Waals surface area contributed by atoms with Gasteiger partial charge in [-0.2, -0.15) is 0 Å². The molecule has 0 aromatic heterocycles. The highest BCUT2D eigenvalue weighted by Gasteiger charge is 2.34. The molecule has 1 rings (SSSR count). The van der Waals surface area contributed by atoms with Crippen LogP contribution in [0.15, 0.2) is 0 Å². The van der Waals surface area contributed by atoms with E-state index in [9.17, 15) is 4.79 Å². The van der Waals surface area contributed by atoms with Gasteiger partial charge >= 0.3 is 0 Å². The van der Waals surface area contributed by atoms with E-state index in [2.05, 4.69) is 35.1 Å². The van der Waals surface area contributed by atoms with Crippen molar-refractivity contribution in [3.63, 3.8) is 0 Å². The van der Waals surface area contributed by atoms with Crippen molar-refractivity contribution in [1.29, 1.82) is 0 Å². The first-order chi connectivity index (χ1) is 7.51. The van der Waals surface area contributed by atoms with Crippen molar-refractivity contribution in [2.24, 2.45) is 11.8 Å². The summed E-state index contributed by atoms with van der Waals surface area (Å²) in [5, 5.41) is 4.00. The molecule has 0 spiro atoms. The maximum absolute atomic E-state index is 12.0. The van der Waals surface area contributed by atoms with Gasteiger partial charge in [-0.1, -0.05) is 36.7 Å². The second kappa shape index (κ2) is 6.01. The number of amides is 1. The van der Waals surface area contributed by atoms with E-state index in [0.29, 0.717) is 5.92 Å². The lowest BCUT2D eigenvalue weighted by Gasteiger charge is -2.37. The minimum atomic E-state index is -0.0987. The number of hydrogen-bond donors (Lipinski definition) is 1. The molecule has 1 N–H and O–H groups in total. The summed E-state index contributed by atoms with van der Waals surface area (Å²) in [5.74, 6) is 0.613. The summed E-state index contributed by atoms with van der Waals surface area (Å²) in [6.45, 7) is 7.62. The molecule has 0 saturated carbocycles. The fourth-order valence-corrected chi connectivity index (χ4v) is 2.43. The van der Waals surface area contributed by atoms with Crippen molar-refractivity contribution < 1.29 is 9.53 Å². The Morgan fingerprint density at radius 1 is 1.38 bits per heavy atom. The third-order valence-electron chi connectivity index (χ3n) is 3.51. The van der Waals surface area contributed by atoms with Gasteiger partial charge < -0.3 is 10.1 Å². The van der Waals surface area contributed by atoms with Crippen LogP contribution in [0.2, 0.25) is 0 Å². The average molecular weight is 292 g/mol. The molecule has 1 saturated heterocycles. The Morgan fingerprint density at radius 2 is 1.94 bits per heavy atom. The third kappa shape index (κ3) is 3.45. The molecule has 94 valence electrons. The molecule has 0 aliphatic carbocycles. The highest BCUT2D eigenvalue weighted by atomic mass is 79.9. The molecule has 4 heteroatoms. The normalized spacial score (nSPS) is 21.8. The van der Waals surface area contributed by atoms with E-state index in [1.165, 1.54) is 0 Å². The Kier molecular flexibility index (Phi) is 5.25. The number of carbonyl (C=O) groups is 1. The average Bonchev–Trinajstić information content (AvgIpc) is 2.29. The van der Waals surface area contributed by atoms with Crippen LogP contribution in [0.4, 0.5) is 0 Å². The third-order valence-corrected chi connectivity index (χ3v) is 4.58. The van der Waals surface area contributed by atoms with Crippen molar-refractivity contribution in [1.82, 2.24) is 5.32 Å². The standard InChI is InChI=1S/C12H22BrNO2/c1-9(2)10(3)11(15)14-12(8-13)4-6-16-7-5-12/h9-10H,4-8H2,1-3H3,(H,14,15). The number of nitrogens with one attached hydrogen (secondary N) is 1. The van der Waals surface area contributed by atoms with Gasteiger partial charge in [-0.05, 0) is 18.8 Å². The highest BCUT2D eigenvalue weighted by Crippen LogP contribution is 2.24. The van der Waals surface area contributed by atoms with Crippen LogP contribution < -0.4 is 5.32 Å². The Balaban J connectivity index is 2.58. The molecule has 1 atom stereocenters. The number of carbonyl (C=O) groups excluding carboxylic acids is 1. The first-order valence-corrected chi connectivity index (χ1v) is 7.08. The van der Waals surface area contributed by atoms with E-state index >= 15 is 0 Å². The second-order valence-corrected chi connectivity index (χ2v) is 5.61. The minimum Gasteiger partial charge on any atom is -0.381 e. The van der Waals surface area contributed by atoms with Gasteiger partial charge in [-0.15, -0.1) is 0 Å². The molecule has 0 radical (unpaired) electrons. The van der Waals surface area contributed by atoms with Gasteiger partial charge in [-0.25, -0.2) is 0 Å². The predicted octanol–water partition coefficient (Wildman–Crippen LogP) is 2.34. The molecule has 1 amide bonds. The van der Waals surface area contributed by atoms with Crippen LogP contribution in [-0.4, -0.2) is 30.0 Å². The first kappa shape index (κ1) is 14.0. The van der Waals surface area contributed by atoms with E-state index in [0.717, 1.165) is 31.4 Å². The molecule has 1 unspecified atom stereocenters. The van der Waals surface area contributed by atoms with Crippen molar-refractivity contribution in [3.8, 4) is 0 Å². The van der Waals surface area contributed by atoms with Crippen molar-refractivity contribution >= 4 is 21.8 Å². The fourth-order valence-electron chi connectivity index (χ4n) is 1.73. The Labute approximate surface area is 106 Å². The maximum atomic E-state index is 12.0. The lowest BCUT2D eigenvalue weighted by molar-refractivity contribution is -0.128. The monoisotopic (exact) mass is 291 g/mol. The topological polar surface area (TPSA) is 38.3 Å². The predicted molar refractivity (Wildman–Crippen MR) is 68.7 cm³/mol. The van der Waals surface area contributed by atoms with Crippen molar-refractivity contribution in [3.05, 3.63) is 0 Å². The molecule has 16 heavy (non-hydrogen) atoms. The largest absolute Gasteiger partial charge is 0.381 e. The summed E-state index contributed by atoms with van der Waals surface area (Å²) in [5.41, 5.74) is -0.0987. The molecular weight excluding hydrogens is 270 g/mol. The number of hydrogen-bond acceptors (Lipinski definition) is 2. The van der Waals surface area contributed by atoms with Gasteiger partial charge in [0.15, 0.2) is 0 Å². The zero-order chi connectivity index (χ0) is 12.2. The highest BCUT2D eigenvalue weighted by molar-refractivity contribution is 9.09. The molecular formula is C12H22BrNO2. The van der Waals surface area contributed by atoms with Crippen LogP contribution in [0, 0.1) is 11.8 Å². The quantitative estimate of drug-likeness (QED) is 0.808. The summed E-state index contributed by atoms with van der Waals surface area (Å²) in [7, 11) is 0. The van der Waals surface area contributed by atoms with E-state index in [1.54, 1.807) is 0 Å². The van der Waals surface area contributed by atoms with Gasteiger partial charge in [0.05, 0.1) is 5.54 Å². The molecule has 1 heterocycles. The Bertz CT molecular complexity index is 237. The van der Waals surface area contributed by atoms with Crippen LogP contribution in [0.1, 0.15) is 33.6 Å². The Hall–Kier alpha value is -0.0900. The van der Waals surface area contributed by atoms with E-state index in [4.69, 9.17) is 4.74 Å². The maximum Gasteiger partial charge on any atom is 0.223 e. The second-order valence-electron chi connectivity index (χ2n) is 5.05. The molecule has 3 nitrogen and oxygen atoms in total. The lowest BCUT2D eigenvalue weighted by atomic mass is 9.90. The summed E-state index contributed by atoms with van der Waals surface area (Å²) in [6.07, 6.45) is 1.80. The summed E-state index contributed by atoms with van der Waals surface area (Å²) >= 11 is 3.51. The molecule has 1 aliphatic heterocycles. The number of halogens is 1. The van der Waals surface area contributed by atoms with Crippen molar-refractivity contribution in [2.75, 3.05) is 18.5 Å². The van der Waals surface area contributed by atoms with E-state index in [-0.39, 0.29) is 17.4 Å². The molecule has 0 bridgehead atoms. The van der Waals surface area contributed by atoms with Crippen LogP contribution in [0.3, 0.4) is 0 Å². The number of ether oxygens (including phenoxy) is 1. The minimum absolute atomic E-state index is 0.0683. The summed E-state index contributed by atoms with van der Waals surface area (Å²) < 4.78 is 5.34. The number of rotatable bonds is 4. The van der Waals surface area contributed by atoms with Gasteiger partial charge in [0.25, 0.3) is 0 Å². The van der Waals surface area contributed by atoms with Crippen LogP contribution >= 0.6 is 15.9 Å². The van der Waals surface area contributed by atoms with Gasteiger partial charge in [0.2, 0.25) is 5.91 Å². The fraction of sp³-hybridized carbons (Fsp3) is 0.917. The molecule has 0 aromatic carbocycles. The SMILES string of the molecule is CC(C)C(C)C(=O)NC1(CBr)CCOCC1. The van der Waals surface area contributed by atoms with Crippen LogP contribution in [0.25, 0.3) is 0 Å². The zero-order valence-electron chi connectivity index (χ0n) is 10.4.